The zero-order chi connectivity index (χ0) is 13.9. The van der Waals surface area contributed by atoms with E-state index in [1.54, 1.807) is 11.3 Å². The fourth-order valence-corrected chi connectivity index (χ4v) is 3.05. The van der Waals surface area contributed by atoms with Gasteiger partial charge in [0.15, 0.2) is 0 Å². The summed E-state index contributed by atoms with van der Waals surface area (Å²) in [5.74, 6) is 0. The highest BCUT2D eigenvalue weighted by Crippen LogP contribution is 2.24. The number of aromatic nitrogens is 2. The molecular weight excluding hydrogens is 266 g/mol. The normalized spacial score (nSPS) is 12.7. The Kier molecular flexibility index (Phi) is 3.76. The monoisotopic (exact) mass is 283 g/mol. The highest BCUT2D eigenvalue weighted by molar-refractivity contribution is 7.11. The third kappa shape index (κ3) is 2.71. The van der Waals surface area contributed by atoms with Crippen molar-refractivity contribution in [2.45, 2.75) is 26.4 Å². The van der Waals surface area contributed by atoms with Crippen LogP contribution in [-0.4, -0.2) is 10.2 Å². The van der Waals surface area contributed by atoms with Crippen molar-refractivity contribution < 1.29 is 0 Å². The number of aryl methyl sites for hydroxylation is 1. The molecule has 3 nitrogen and oxygen atoms in total. The van der Waals surface area contributed by atoms with Gasteiger partial charge in [0.2, 0.25) is 0 Å². The van der Waals surface area contributed by atoms with Crippen molar-refractivity contribution in [3.05, 3.63) is 58.0 Å². The minimum Gasteiger partial charge on any atom is -0.304 e. The van der Waals surface area contributed by atoms with Gasteiger partial charge in [0, 0.05) is 6.04 Å². The molecular formula is C16H17N3S. The molecule has 102 valence electrons. The molecule has 0 amide bonds. The number of rotatable bonds is 4. The molecule has 1 unspecified atom stereocenters. The first-order valence-electron chi connectivity index (χ1n) is 6.74. The molecule has 1 N–H and O–H groups in total. The standard InChI is InChI=1S/C16H17N3S/c1-11(17-10-16-19-18-12(2)20-16)14-9-5-7-13-6-3-4-8-15(13)14/h3-9,11,17H,10H2,1-2H3. The largest absolute Gasteiger partial charge is 0.304 e. The van der Waals surface area contributed by atoms with Crippen LogP contribution in [0.25, 0.3) is 10.8 Å². The Hall–Kier alpha value is -1.78. The minimum atomic E-state index is 0.283. The van der Waals surface area contributed by atoms with E-state index in [1.807, 2.05) is 6.92 Å². The molecule has 0 fully saturated rings. The third-order valence-electron chi connectivity index (χ3n) is 3.42. The summed E-state index contributed by atoms with van der Waals surface area (Å²) in [6.07, 6.45) is 0. The Balaban J connectivity index is 1.80. The van der Waals surface area contributed by atoms with E-state index < -0.39 is 0 Å². The minimum absolute atomic E-state index is 0.283. The van der Waals surface area contributed by atoms with Crippen molar-refractivity contribution in [3.8, 4) is 0 Å². The molecule has 0 aliphatic rings. The molecule has 0 spiro atoms. The van der Waals surface area contributed by atoms with Gasteiger partial charge in [-0.25, -0.2) is 0 Å². The predicted molar refractivity (Wildman–Crippen MR) is 83.8 cm³/mol. The summed E-state index contributed by atoms with van der Waals surface area (Å²) in [5, 5.41) is 16.4. The van der Waals surface area contributed by atoms with Crippen molar-refractivity contribution in [1.82, 2.24) is 15.5 Å². The van der Waals surface area contributed by atoms with Crippen molar-refractivity contribution in [2.75, 3.05) is 0 Å². The van der Waals surface area contributed by atoms with E-state index in [1.165, 1.54) is 16.3 Å². The van der Waals surface area contributed by atoms with Gasteiger partial charge >= 0.3 is 0 Å². The molecule has 1 heterocycles. The lowest BCUT2D eigenvalue weighted by Gasteiger charge is -2.15. The topological polar surface area (TPSA) is 37.8 Å². The second-order valence-electron chi connectivity index (χ2n) is 4.89. The smallest absolute Gasteiger partial charge is 0.131 e. The molecule has 1 aromatic heterocycles. The van der Waals surface area contributed by atoms with E-state index >= 15 is 0 Å². The Bertz CT molecular complexity index is 715. The van der Waals surface area contributed by atoms with E-state index in [0.29, 0.717) is 0 Å². The molecule has 0 bridgehead atoms. The van der Waals surface area contributed by atoms with E-state index in [-0.39, 0.29) is 6.04 Å². The first-order chi connectivity index (χ1) is 9.74. The van der Waals surface area contributed by atoms with Gasteiger partial charge in [0.05, 0.1) is 6.54 Å². The lowest BCUT2D eigenvalue weighted by molar-refractivity contribution is 0.574. The van der Waals surface area contributed by atoms with Gasteiger partial charge in [0.25, 0.3) is 0 Å². The molecule has 20 heavy (non-hydrogen) atoms. The van der Waals surface area contributed by atoms with Gasteiger partial charge in [-0.1, -0.05) is 42.5 Å². The summed E-state index contributed by atoms with van der Waals surface area (Å²) in [6.45, 7) is 4.93. The van der Waals surface area contributed by atoms with Gasteiger partial charge in [-0.05, 0) is 30.2 Å². The van der Waals surface area contributed by atoms with Gasteiger partial charge in [-0.3, -0.25) is 0 Å². The molecule has 0 saturated carbocycles. The highest BCUT2D eigenvalue weighted by atomic mass is 32.1. The zero-order valence-electron chi connectivity index (χ0n) is 11.6. The summed E-state index contributed by atoms with van der Waals surface area (Å²) in [5.41, 5.74) is 1.32. The van der Waals surface area contributed by atoms with Crippen molar-refractivity contribution in [2.24, 2.45) is 0 Å². The number of benzene rings is 2. The molecule has 4 heteroatoms. The number of nitrogens with one attached hydrogen (secondary N) is 1. The fraction of sp³-hybridized carbons (Fsp3) is 0.250. The van der Waals surface area contributed by atoms with E-state index in [2.05, 4.69) is 64.9 Å². The SMILES string of the molecule is Cc1nnc(CNC(C)c2cccc3ccccc23)s1. The molecule has 0 saturated heterocycles. The van der Waals surface area contributed by atoms with Crippen LogP contribution in [0.5, 0.6) is 0 Å². The van der Waals surface area contributed by atoms with Crippen LogP contribution in [0.4, 0.5) is 0 Å². The van der Waals surface area contributed by atoms with Crippen molar-refractivity contribution in [1.29, 1.82) is 0 Å². The molecule has 1 atom stereocenters. The summed E-state index contributed by atoms with van der Waals surface area (Å²) in [6, 6.07) is 15.2. The maximum atomic E-state index is 4.15. The average Bonchev–Trinajstić information content (AvgIpc) is 2.90. The first-order valence-corrected chi connectivity index (χ1v) is 7.56. The van der Waals surface area contributed by atoms with Gasteiger partial charge < -0.3 is 5.32 Å². The van der Waals surface area contributed by atoms with Crippen LogP contribution < -0.4 is 5.32 Å². The number of hydrogen-bond acceptors (Lipinski definition) is 4. The summed E-state index contributed by atoms with van der Waals surface area (Å²) in [4.78, 5) is 0. The van der Waals surface area contributed by atoms with Crippen LogP contribution in [0.1, 0.15) is 28.5 Å². The molecule has 3 rings (SSSR count). The first kappa shape index (κ1) is 13.2. The molecule has 0 aliphatic carbocycles. The summed E-state index contributed by atoms with van der Waals surface area (Å²) >= 11 is 1.64. The number of nitrogens with zero attached hydrogens (tertiary/aromatic N) is 2. The Morgan fingerprint density at radius 3 is 2.70 bits per heavy atom. The third-order valence-corrected chi connectivity index (χ3v) is 4.26. The second kappa shape index (κ2) is 5.69. The lowest BCUT2D eigenvalue weighted by Crippen LogP contribution is -2.18. The Morgan fingerprint density at radius 1 is 1.10 bits per heavy atom. The molecule has 2 aromatic carbocycles. The van der Waals surface area contributed by atoms with Crippen molar-refractivity contribution in [3.63, 3.8) is 0 Å². The second-order valence-corrected chi connectivity index (χ2v) is 6.15. The van der Waals surface area contributed by atoms with Crippen LogP contribution in [0, 0.1) is 6.92 Å². The predicted octanol–water partition coefficient (Wildman–Crippen LogP) is 3.85. The average molecular weight is 283 g/mol. The number of hydrogen-bond donors (Lipinski definition) is 1. The zero-order valence-corrected chi connectivity index (χ0v) is 12.4. The van der Waals surface area contributed by atoms with E-state index in [9.17, 15) is 0 Å². The van der Waals surface area contributed by atoms with E-state index in [0.717, 1.165) is 16.6 Å². The summed E-state index contributed by atoms with van der Waals surface area (Å²) < 4.78 is 0. The molecule has 0 aliphatic heterocycles. The maximum absolute atomic E-state index is 4.15. The van der Waals surface area contributed by atoms with Crippen LogP contribution in [-0.2, 0) is 6.54 Å². The number of fused-ring (bicyclic) bond motifs is 1. The summed E-state index contributed by atoms with van der Waals surface area (Å²) in [7, 11) is 0. The lowest BCUT2D eigenvalue weighted by atomic mass is 10.00. The van der Waals surface area contributed by atoms with Crippen molar-refractivity contribution >= 4 is 22.1 Å². The Labute approximate surface area is 122 Å². The van der Waals surface area contributed by atoms with Crippen LogP contribution in [0.3, 0.4) is 0 Å². The van der Waals surface area contributed by atoms with Crippen LogP contribution in [0.15, 0.2) is 42.5 Å². The van der Waals surface area contributed by atoms with E-state index in [4.69, 9.17) is 0 Å². The highest BCUT2D eigenvalue weighted by Gasteiger charge is 2.09. The Morgan fingerprint density at radius 2 is 1.90 bits per heavy atom. The molecule has 0 radical (unpaired) electrons. The van der Waals surface area contributed by atoms with Crippen LogP contribution in [0.2, 0.25) is 0 Å². The van der Waals surface area contributed by atoms with Gasteiger partial charge in [-0.15, -0.1) is 21.5 Å². The molecule has 3 aromatic rings. The van der Waals surface area contributed by atoms with Gasteiger partial charge in [-0.2, -0.15) is 0 Å². The maximum Gasteiger partial charge on any atom is 0.131 e. The fourth-order valence-electron chi connectivity index (χ4n) is 2.39. The van der Waals surface area contributed by atoms with Gasteiger partial charge in [0.1, 0.15) is 10.0 Å². The van der Waals surface area contributed by atoms with Crippen LogP contribution >= 0.6 is 11.3 Å². The quantitative estimate of drug-likeness (QED) is 0.790.